The van der Waals surface area contributed by atoms with Gasteiger partial charge in [0.2, 0.25) is 0 Å². The molecule has 0 aliphatic heterocycles. The number of aryl methyl sites for hydroxylation is 3. The Morgan fingerprint density at radius 2 is 1.82 bits per heavy atom. The molecule has 1 N–H and O–H groups in total. The summed E-state index contributed by atoms with van der Waals surface area (Å²) in [6.45, 7) is 11.5. The molecule has 0 heterocycles. The number of aliphatic carboxylic acids is 1. The fourth-order valence-electron chi connectivity index (χ4n) is 2.09. The zero-order valence-electron chi connectivity index (χ0n) is 11.0. The smallest absolute Gasteiger partial charge is 0.313 e. The number of hydrogen-bond donors (Lipinski definition) is 1. The van der Waals surface area contributed by atoms with Crippen molar-refractivity contribution in [1.82, 2.24) is 0 Å². The molecule has 1 atom stereocenters. The summed E-state index contributed by atoms with van der Waals surface area (Å²) < 4.78 is 0. The number of benzene rings is 1. The van der Waals surface area contributed by atoms with Crippen LogP contribution in [0.2, 0.25) is 0 Å². The summed E-state index contributed by atoms with van der Waals surface area (Å²) in [5.41, 5.74) is 3.72. The fourth-order valence-corrected chi connectivity index (χ4v) is 2.09. The second kappa shape index (κ2) is 4.74. The van der Waals surface area contributed by atoms with Crippen LogP contribution in [0.25, 0.3) is 0 Å². The Morgan fingerprint density at radius 1 is 1.35 bits per heavy atom. The van der Waals surface area contributed by atoms with E-state index in [1.165, 1.54) is 11.6 Å². The topological polar surface area (TPSA) is 37.3 Å². The van der Waals surface area contributed by atoms with Crippen LogP contribution in [0.3, 0.4) is 0 Å². The monoisotopic (exact) mass is 232 g/mol. The van der Waals surface area contributed by atoms with Gasteiger partial charge in [0.25, 0.3) is 0 Å². The van der Waals surface area contributed by atoms with Crippen molar-refractivity contribution in [3.05, 3.63) is 47.0 Å². The second-order valence-corrected chi connectivity index (χ2v) is 4.98. The molecule has 1 aromatic carbocycles. The summed E-state index contributed by atoms with van der Waals surface area (Å²) in [5.74, 6) is -0.827. The van der Waals surface area contributed by atoms with E-state index in [4.69, 9.17) is 0 Å². The molecule has 0 saturated heterocycles. The van der Waals surface area contributed by atoms with E-state index in [0.29, 0.717) is 6.42 Å². The molecule has 1 aromatic rings. The first-order chi connectivity index (χ1) is 7.80. The molecule has 17 heavy (non-hydrogen) atoms. The lowest BCUT2D eigenvalue weighted by atomic mass is 9.81. The maximum atomic E-state index is 11.3. The van der Waals surface area contributed by atoms with Gasteiger partial charge in [0.15, 0.2) is 0 Å². The average Bonchev–Trinajstić information content (AvgIpc) is 2.22. The van der Waals surface area contributed by atoms with Crippen molar-refractivity contribution < 1.29 is 9.90 Å². The molecule has 0 radical (unpaired) electrons. The first-order valence-corrected chi connectivity index (χ1v) is 5.74. The predicted octanol–water partition coefficient (Wildman–Crippen LogP) is 3.43. The number of hydrogen-bond acceptors (Lipinski definition) is 1. The zero-order chi connectivity index (χ0) is 13.2. The van der Waals surface area contributed by atoms with E-state index in [-0.39, 0.29) is 0 Å². The lowest BCUT2D eigenvalue weighted by Crippen LogP contribution is -2.28. The van der Waals surface area contributed by atoms with E-state index in [1.54, 1.807) is 6.92 Å². The molecular weight excluding hydrogens is 212 g/mol. The van der Waals surface area contributed by atoms with Crippen molar-refractivity contribution in [2.24, 2.45) is 5.41 Å². The molecule has 0 aromatic heterocycles. The maximum Gasteiger partial charge on any atom is 0.313 e. The lowest BCUT2D eigenvalue weighted by molar-refractivity contribution is -0.145. The molecule has 0 fully saturated rings. The Labute approximate surface area is 103 Å². The van der Waals surface area contributed by atoms with Crippen molar-refractivity contribution in [3.63, 3.8) is 0 Å². The Bertz CT molecular complexity index is 437. The van der Waals surface area contributed by atoms with Gasteiger partial charge >= 0.3 is 5.97 Å². The molecular formula is C15H20O2. The van der Waals surface area contributed by atoms with E-state index >= 15 is 0 Å². The van der Waals surface area contributed by atoms with Crippen molar-refractivity contribution in [2.75, 3.05) is 0 Å². The minimum atomic E-state index is -0.898. The molecule has 1 rings (SSSR count). The molecule has 0 saturated carbocycles. The third-order valence-electron chi connectivity index (χ3n) is 3.32. The van der Waals surface area contributed by atoms with Crippen LogP contribution >= 0.6 is 0 Å². The van der Waals surface area contributed by atoms with Crippen LogP contribution in [0.4, 0.5) is 0 Å². The van der Waals surface area contributed by atoms with Crippen LogP contribution in [-0.4, -0.2) is 11.1 Å². The minimum absolute atomic E-state index is 0.490. The van der Waals surface area contributed by atoms with E-state index in [9.17, 15) is 9.90 Å². The van der Waals surface area contributed by atoms with Crippen molar-refractivity contribution in [1.29, 1.82) is 0 Å². The summed E-state index contributed by atoms with van der Waals surface area (Å²) >= 11 is 0. The van der Waals surface area contributed by atoms with Crippen molar-refractivity contribution >= 4 is 5.97 Å². The van der Waals surface area contributed by atoms with Crippen molar-refractivity contribution in [2.45, 2.75) is 34.1 Å². The second-order valence-electron chi connectivity index (χ2n) is 4.98. The first kappa shape index (κ1) is 13.5. The molecule has 0 aliphatic rings. The minimum Gasteiger partial charge on any atom is -0.481 e. The van der Waals surface area contributed by atoms with Gasteiger partial charge in [-0.3, -0.25) is 4.79 Å². The molecule has 0 spiro atoms. The van der Waals surface area contributed by atoms with Crippen LogP contribution in [0.5, 0.6) is 0 Å². The molecule has 92 valence electrons. The van der Waals surface area contributed by atoms with Crippen molar-refractivity contribution in [3.8, 4) is 0 Å². The summed E-state index contributed by atoms with van der Waals surface area (Å²) in [5, 5.41) is 9.26. The van der Waals surface area contributed by atoms with Gasteiger partial charge in [-0.15, -0.1) is 6.58 Å². The van der Waals surface area contributed by atoms with Crippen LogP contribution < -0.4 is 0 Å². The number of carboxylic acid groups (broad SMARTS) is 1. The molecule has 2 heteroatoms. The summed E-state index contributed by atoms with van der Waals surface area (Å²) in [6.07, 6.45) is 2.01. The Kier molecular flexibility index (Phi) is 3.76. The van der Waals surface area contributed by atoms with Gasteiger partial charge in [-0.1, -0.05) is 23.8 Å². The van der Waals surface area contributed by atoms with Gasteiger partial charge in [-0.2, -0.15) is 0 Å². The highest BCUT2D eigenvalue weighted by atomic mass is 16.4. The van der Waals surface area contributed by atoms with Gasteiger partial charge in [0.05, 0.1) is 5.41 Å². The van der Waals surface area contributed by atoms with Crippen LogP contribution in [0.1, 0.15) is 29.2 Å². The molecule has 1 unspecified atom stereocenters. The Balaban J connectivity index is 3.19. The van der Waals surface area contributed by atoms with Crippen LogP contribution in [0.15, 0.2) is 24.8 Å². The third-order valence-corrected chi connectivity index (χ3v) is 3.32. The largest absolute Gasteiger partial charge is 0.481 e. The summed E-state index contributed by atoms with van der Waals surface area (Å²) in [7, 11) is 0. The van der Waals surface area contributed by atoms with Gasteiger partial charge in [0, 0.05) is 0 Å². The number of carbonyl (C=O) groups is 1. The normalized spacial score (nSPS) is 14.1. The van der Waals surface area contributed by atoms with Gasteiger partial charge in [0.1, 0.15) is 0 Å². The molecule has 0 bridgehead atoms. The third kappa shape index (κ3) is 2.76. The highest BCUT2D eigenvalue weighted by molar-refractivity contribution is 5.77. The lowest BCUT2D eigenvalue weighted by Gasteiger charge is -2.23. The van der Waals surface area contributed by atoms with Gasteiger partial charge in [-0.25, -0.2) is 0 Å². The SMILES string of the molecule is C=CC(C)(Cc1c(C)cc(C)cc1C)C(=O)O. The van der Waals surface area contributed by atoms with E-state index < -0.39 is 11.4 Å². The quantitative estimate of drug-likeness (QED) is 0.807. The van der Waals surface area contributed by atoms with Gasteiger partial charge < -0.3 is 5.11 Å². The molecule has 2 nitrogen and oxygen atoms in total. The standard InChI is InChI=1S/C15H20O2/c1-6-15(5,14(16)17)9-13-11(3)7-10(2)8-12(13)4/h6-8H,1,9H2,2-5H3,(H,16,17). The Morgan fingerprint density at radius 3 is 2.18 bits per heavy atom. The number of carboxylic acids is 1. The van der Waals surface area contributed by atoms with Gasteiger partial charge in [-0.05, 0) is 50.8 Å². The van der Waals surface area contributed by atoms with Crippen LogP contribution in [-0.2, 0) is 11.2 Å². The molecule has 0 amide bonds. The average molecular weight is 232 g/mol. The summed E-state index contributed by atoms with van der Waals surface area (Å²) in [6, 6.07) is 4.18. The highest BCUT2D eigenvalue weighted by Crippen LogP contribution is 2.28. The highest BCUT2D eigenvalue weighted by Gasteiger charge is 2.30. The predicted molar refractivity (Wildman–Crippen MR) is 70.3 cm³/mol. The first-order valence-electron chi connectivity index (χ1n) is 5.74. The van der Waals surface area contributed by atoms with Crippen LogP contribution in [0, 0.1) is 26.2 Å². The van der Waals surface area contributed by atoms with E-state index in [2.05, 4.69) is 18.7 Å². The summed E-state index contributed by atoms with van der Waals surface area (Å²) in [4.78, 5) is 11.3. The maximum absolute atomic E-state index is 11.3. The molecule has 0 aliphatic carbocycles. The Hall–Kier alpha value is -1.57. The van der Waals surface area contributed by atoms with E-state index in [0.717, 1.165) is 16.7 Å². The zero-order valence-corrected chi connectivity index (χ0v) is 11.0. The number of rotatable bonds is 4. The van der Waals surface area contributed by atoms with E-state index in [1.807, 2.05) is 20.8 Å². The fraction of sp³-hybridized carbons (Fsp3) is 0.400.